The van der Waals surface area contributed by atoms with E-state index in [-0.39, 0.29) is 19.4 Å². The zero-order valence-corrected chi connectivity index (χ0v) is 28.0. The molecular weight excluding hydrogens is 614 g/mol. The minimum atomic E-state index is -2.08. The molecule has 3 saturated heterocycles. The fourth-order valence-corrected chi connectivity index (χ4v) is 13.0. The molecule has 7 fully saturated rings. The summed E-state index contributed by atoms with van der Waals surface area (Å²) >= 11 is 0. The third-order valence-electron chi connectivity index (χ3n) is 15.3. The van der Waals surface area contributed by atoms with Gasteiger partial charge in [0.25, 0.3) is 0 Å². The van der Waals surface area contributed by atoms with Crippen molar-refractivity contribution >= 4 is 16.7 Å². The molecule has 14 atom stereocenters. The van der Waals surface area contributed by atoms with E-state index < -0.39 is 81.2 Å². The van der Waals surface area contributed by atoms with Crippen LogP contribution < -0.4 is 0 Å². The topological polar surface area (TPSA) is 160 Å². The molecule has 10 nitrogen and oxygen atoms in total. The highest BCUT2D eigenvalue weighted by Gasteiger charge is 2.88. The molecule has 4 bridgehead atoms. The van der Waals surface area contributed by atoms with Crippen molar-refractivity contribution in [1.29, 1.82) is 0 Å². The third-order valence-corrected chi connectivity index (χ3v) is 15.3. The number of carbonyl (C=O) groups is 1. The van der Waals surface area contributed by atoms with Crippen molar-refractivity contribution in [2.45, 2.75) is 124 Å². The SMILES string of the molecule is C[C@H]1CC[C@@H]2N(C1)C[C@@H]1[C@](O)([C@@H](O)C[C@@]3(O)[C@@H]4CC[C@@H]5[C@]6(O)O[C@@]4(C[C@@]13O)[C@@]5(C)CC[C@@H]6OC(=O)c1cccc3ccccc13)[C@]2(C)O. The zero-order valence-electron chi connectivity index (χ0n) is 28.0. The van der Waals surface area contributed by atoms with Gasteiger partial charge in [-0.2, -0.15) is 0 Å². The Balaban J connectivity index is 1.10. The van der Waals surface area contributed by atoms with Crippen LogP contribution in [0.4, 0.5) is 0 Å². The van der Waals surface area contributed by atoms with E-state index in [1.807, 2.05) is 30.3 Å². The van der Waals surface area contributed by atoms with Crippen molar-refractivity contribution in [3.05, 3.63) is 48.0 Å². The number of aliphatic hydroxyl groups excluding tert-OH is 1. The minimum Gasteiger partial charge on any atom is -0.453 e. The van der Waals surface area contributed by atoms with E-state index in [2.05, 4.69) is 18.7 Å². The number of ether oxygens (including phenoxy) is 2. The Morgan fingerprint density at radius 3 is 2.40 bits per heavy atom. The highest BCUT2D eigenvalue weighted by Crippen LogP contribution is 2.78. The first-order valence-electron chi connectivity index (χ1n) is 18.0. The Morgan fingerprint density at radius 2 is 1.60 bits per heavy atom. The highest BCUT2D eigenvalue weighted by molar-refractivity contribution is 6.04. The molecule has 0 unspecified atom stereocenters. The Labute approximate surface area is 280 Å². The van der Waals surface area contributed by atoms with Crippen LogP contribution in [0, 0.1) is 29.1 Å². The molecular formula is C38H49NO9. The van der Waals surface area contributed by atoms with E-state index in [1.165, 1.54) is 0 Å². The molecule has 7 aliphatic rings. The predicted octanol–water partition coefficient (Wildman–Crippen LogP) is 2.49. The normalized spacial score (nSPS) is 53.8. The first-order chi connectivity index (χ1) is 22.6. The van der Waals surface area contributed by atoms with Gasteiger partial charge in [0.05, 0.1) is 17.3 Å². The van der Waals surface area contributed by atoms with Crippen LogP contribution in [0.5, 0.6) is 0 Å². The van der Waals surface area contributed by atoms with Gasteiger partial charge in [0.1, 0.15) is 22.4 Å². The molecule has 1 spiro atoms. The van der Waals surface area contributed by atoms with Crippen LogP contribution in [-0.4, -0.2) is 107 Å². The van der Waals surface area contributed by atoms with E-state index in [9.17, 15) is 35.4 Å². The number of nitrogens with zero attached hydrogens (tertiary/aromatic N) is 1. The van der Waals surface area contributed by atoms with Gasteiger partial charge in [-0.15, -0.1) is 0 Å². The van der Waals surface area contributed by atoms with Crippen LogP contribution in [0.3, 0.4) is 0 Å². The van der Waals surface area contributed by atoms with Crippen molar-refractivity contribution < 1.29 is 44.9 Å². The van der Waals surface area contributed by atoms with E-state index in [0.717, 1.165) is 17.2 Å². The smallest absolute Gasteiger partial charge is 0.339 e. The van der Waals surface area contributed by atoms with Crippen molar-refractivity contribution in [3.63, 3.8) is 0 Å². The number of piperidine rings is 2. The van der Waals surface area contributed by atoms with Crippen molar-refractivity contribution in [1.82, 2.24) is 4.90 Å². The molecule has 4 aliphatic carbocycles. The molecule has 4 saturated carbocycles. The van der Waals surface area contributed by atoms with Crippen LogP contribution in [0.2, 0.25) is 0 Å². The minimum absolute atomic E-state index is 0.0791. The number of fused-ring (bicyclic) bond motifs is 6. The molecule has 2 aromatic carbocycles. The lowest BCUT2D eigenvalue weighted by atomic mass is 9.49. The summed E-state index contributed by atoms with van der Waals surface area (Å²) < 4.78 is 13.1. The predicted molar refractivity (Wildman–Crippen MR) is 173 cm³/mol. The van der Waals surface area contributed by atoms with Gasteiger partial charge < -0.3 is 40.1 Å². The molecule has 3 aliphatic heterocycles. The first-order valence-corrected chi connectivity index (χ1v) is 18.0. The lowest BCUT2D eigenvalue weighted by molar-refractivity contribution is -0.354. The number of aliphatic hydroxyl groups is 6. The molecule has 9 rings (SSSR count). The second kappa shape index (κ2) is 9.59. The maximum atomic E-state index is 13.7. The average molecular weight is 664 g/mol. The van der Waals surface area contributed by atoms with Gasteiger partial charge >= 0.3 is 5.97 Å². The number of hydrogen-bond donors (Lipinski definition) is 6. The second-order valence-electron chi connectivity index (χ2n) is 17.2. The van der Waals surface area contributed by atoms with E-state index in [1.54, 1.807) is 19.1 Å². The fraction of sp³-hybridized carbons (Fsp3) is 0.711. The van der Waals surface area contributed by atoms with Crippen molar-refractivity contribution in [2.24, 2.45) is 29.1 Å². The lowest BCUT2D eigenvalue weighted by Crippen LogP contribution is -2.85. The summed E-state index contributed by atoms with van der Waals surface area (Å²) in [6, 6.07) is 12.6. The molecule has 260 valence electrons. The highest BCUT2D eigenvalue weighted by atomic mass is 16.7. The van der Waals surface area contributed by atoms with E-state index >= 15 is 0 Å². The lowest BCUT2D eigenvalue weighted by Gasteiger charge is -2.68. The number of esters is 1. The number of carbonyl (C=O) groups excluding carboxylic acids is 1. The summed E-state index contributed by atoms with van der Waals surface area (Å²) in [4.78, 5) is 15.8. The monoisotopic (exact) mass is 663 g/mol. The summed E-state index contributed by atoms with van der Waals surface area (Å²) in [6.07, 6.45) is 0.405. The van der Waals surface area contributed by atoms with Gasteiger partial charge in [0.15, 0.2) is 6.10 Å². The van der Waals surface area contributed by atoms with Crippen LogP contribution in [0.15, 0.2) is 42.5 Å². The molecule has 0 radical (unpaired) electrons. The molecule has 48 heavy (non-hydrogen) atoms. The molecule has 0 amide bonds. The van der Waals surface area contributed by atoms with Gasteiger partial charge in [-0.05, 0) is 68.2 Å². The van der Waals surface area contributed by atoms with Crippen LogP contribution in [0.25, 0.3) is 10.8 Å². The Kier molecular flexibility index (Phi) is 6.35. The maximum absolute atomic E-state index is 13.7. The van der Waals surface area contributed by atoms with E-state index in [0.29, 0.717) is 50.1 Å². The Morgan fingerprint density at radius 1 is 0.875 bits per heavy atom. The number of benzene rings is 2. The first kappa shape index (κ1) is 31.8. The maximum Gasteiger partial charge on any atom is 0.339 e. The van der Waals surface area contributed by atoms with Gasteiger partial charge in [-0.1, -0.05) is 50.2 Å². The molecule has 0 aromatic heterocycles. The van der Waals surface area contributed by atoms with Crippen LogP contribution in [0.1, 0.15) is 82.5 Å². The fourth-order valence-electron chi connectivity index (χ4n) is 13.0. The van der Waals surface area contributed by atoms with Gasteiger partial charge in [0, 0.05) is 55.1 Å². The van der Waals surface area contributed by atoms with Gasteiger partial charge in [0.2, 0.25) is 5.79 Å². The summed E-state index contributed by atoms with van der Waals surface area (Å²) in [7, 11) is 0. The largest absolute Gasteiger partial charge is 0.453 e. The second-order valence-corrected chi connectivity index (χ2v) is 17.2. The third kappa shape index (κ3) is 3.45. The van der Waals surface area contributed by atoms with Crippen LogP contribution >= 0.6 is 0 Å². The summed E-state index contributed by atoms with van der Waals surface area (Å²) in [5.74, 6) is -4.24. The van der Waals surface area contributed by atoms with Gasteiger partial charge in [-0.25, -0.2) is 4.79 Å². The summed E-state index contributed by atoms with van der Waals surface area (Å²) in [5, 5.41) is 76.6. The molecule has 10 heteroatoms. The standard InChI is InChI=1S/C38H49NO9/c1-21-11-14-28-33(3,42)37(45)27(19-39(28)18-21)35(44)20-36-26(34(35,43)17-29(37)40)13-12-25-32(36,2)16-15-30(38(25,46)48-36)47-31(41)24-10-6-8-22-7-4-5-9-23(22)24/h4-10,21,25-30,40,42-46H,11-20H2,1-3H3/t21-,25-,26-,27-,28-,29-,30-,32-,33+,34+,35+,36+,37-,38-/m0/s1. The zero-order chi connectivity index (χ0) is 33.9. The average Bonchev–Trinajstić information content (AvgIpc) is 3.21. The quantitative estimate of drug-likeness (QED) is 0.264. The van der Waals surface area contributed by atoms with Crippen molar-refractivity contribution in [3.8, 4) is 0 Å². The van der Waals surface area contributed by atoms with Crippen molar-refractivity contribution in [2.75, 3.05) is 13.1 Å². The van der Waals surface area contributed by atoms with E-state index in [4.69, 9.17) is 9.47 Å². The summed E-state index contributed by atoms with van der Waals surface area (Å²) in [6.45, 7) is 6.64. The molecule has 6 N–H and O–H groups in total. The Hall–Kier alpha value is -2.15. The molecule has 3 heterocycles. The Bertz CT molecular complexity index is 1700. The van der Waals surface area contributed by atoms with Gasteiger partial charge in [-0.3, -0.25) is 4.90 Å². The summed E-state index contributed by atoms with van der Waals surface area (Å²) in [5.41, 5.74) is -9.15. The van der Waals surface area contributed by atoms with Crippen LogP contribution in [-0.2, 0) is 9.47 Å². The number of rotatable bonds is 2. The number of hydrogen-bond acceptors (Lipinski definition) is 10. The molecule has 2 aromatic rings.